The maximum atomic E-state index is 13.1. The van der Waals surface area contributed by atoms with Gasteiger partial charge in [-0.25, -0.2) is 8.42 Å². The van der Waals surface area contributed by atoms with Gasteiger partial charge in [0, 0.05) is 30.3 Å². The Morgan fingerprint density at radius 2 is 1.88 bits per heavy atom. The summed E-state index contributed by atoms with van der Waals surface area (Å²) in [5, 5.41) is 1.86. The molecule has 7 nitrogen and oxygen atoms in total. The first-order valence-corrected chi connectivity index (χ1v) is 12.5. The highest BCUT2D eigenvalue weighted by molar-refractivity contribution is 7.92. The number of ether oxygens (including phenoxy) is 1. The maximum absolute atomic E-state index is 13.1. The van der Waals surface area contributed by atoms with Gasteiger partial charge in [0.1, 0.15) is 5.75 Å². The minimum Gasteiger partial charge on any atom is -0.494 e. The molecule has 1 N–H and O–H groups in total. The van der Waals surface area contributed by atoms with Crippen molar-refractivity contribution in [2.24, 2.45) is 5.92 Å². The zero-order chi connectivity index (χ0) is 22.9. The summed E-state index contributed by atoms with van der Waals surface area (Å²) >= 11 is 0. The van der Waals surface area contributed by atoms with Crippen molar-refractivity contribution in [1.29, 1.82) is 0 Å². The molecule has 1 saturated carbocycles. The Bertz CT molecular complexity index is 1120. The third kappa shape index (κ3) is 4.65. The van der Waals surface area contributed by atoms with E-state index in [4.69, 9.17) is 4.74 Å². The Morgan fingerprint density at radius 3 is 2.53 bits per heavy atom. The van der Waals surface area contributed by atoms with Gasteiger partial charge in [-0.3, -0.25) is 9.59 Å². The molecule has 2 aromatic rings. The van der Waals surface area contributed by atoms with Crippen molar-refractivity contribution in [2.45, 2.75) is 49.7 Å². The third-order valence-corrected chi connectivity index (χ3v) is 8.06. The van der Waals surface area contributed by atoms with Gasteiger partial charge in [0.25, 0.3) is 0 Å². The molecule has 2 aliphatic rings. The quantitative estimate of drug-likeness (QED) is 0.656. The van der Waals surface area contributed by atoms with E-state index in [0.717, 1.165) is 24.1 Å². The second-order valence-electron chi connectivity index (χ2n) is 8.37. The number of hydrogen-bond acceptors (Lipinski definition) is 5. The predicted octanol–water partition coefficient (Wildman–Crippen LogP) is 3.58. The number of amides is 2. The third-order valence-electron chi connectivity index (χ3n) is 5.92. The summed E-state index contributed by atoms with van der Waals surface area (Å²) < 4.78 is 31.6. The molecule has 32 heavy (non-hydrogen) atoms. The van der Waals surface area contributed by atoms with E-state index < -0.39 is 15.1 Å². The number of sulfone groups is 1. The van der Waals surface area contributed by atoms with E-state index in [2.05, 4.69) is 5.32 Å². The van der Waals surface area contributed by atoms with Crippen molar-refractivity contribution in [1.82, 2.24) is 0 Å². The fourth-order valence-electron chi connectivity index (χ4n) is 3.95. The first kappa shape index (κ1) is 22.3. The molecule has 1 aliphatic heterocycles. The van der Waals surface area contributed by atoms with Crippen LogP contribution in [0.5, 0.6) is 5.75 Å². The molecule has 1 atom stereocenters. The van der Waals surface area contributed by atoms with Crippen LogP contribution in [0.4, 0.5) is 11.4 Å². The zero-order valence-corrected chi connectivity index (χ0v) is 19.2. The lowest BCUT2D eigenvalue weighted by Gasteiger charge is -2.18. The Kier molecular flexibility index (Phi) is 6.24. The Balaban J connectivity index is 1.41. The lowest BCUT2D eigenvalue weighted by Crippen LogP contribution is -2.30. The highest BCUT2D eigenvalue weighted by Gasteiger charge is 2.37. The lowest BCUT2D eigenvalue weighted by molar-refractivity contribution is -0.119. The normalized spacial score (nSPS) is 16.4. The number of carbonyl (C=O) groups excluding carboxylic acids is 2. The number of carbonyl (C=O) groups is 2. The Hall–Kier alpha value is -2.87. The maximum Gasteiger partial charge on any atom is 0.230 e. The van der Waals surface area contributed by atoms with E-state index in [-0.39, 0.29) is 29.0 Å². The molecule has 8 heteroatoms. The average molecular weight is 457 g/mol. The van der Waals surface area contributed by atoms with Gasteiger partial charge in [-0.15, -0.1) is 0 Å². The van der Waals surface area contributed by atoms with Crippen LogP contribution in [0, 0.1) is 5.92 Å². The van der Waals surface area contributed by atoms with Crippen LogP contribution < -0.4 is 15.0 Å². The molecule has 1 heterocycles. The van der Waals surface area contributed by atoms with E-state index in [0.29, 0.717) is 31.0 Å². The molecular formula is C24H28N2O5S. The molecule has 0 bridgehead atoms. The van der Waals surface area contributed by atoms with Gasteiger partial charge in [0.2, 0.25) is 11.8 Å². The fourth-order valence-corrected chi connectivity index (χ4v) is 5.35. The van der Waals surface area contributed by atoms with E-state index in [1.54, 1.807) is 54.3 Å². The molecule has 0 unspecified atom stereocenters. The number of fused-ring (bicyclic) bond motifs is 1. The second kappa shape index (κ2) is 8.94. The zero-order valence-electron chi connectivity index (χ0n) is 18.3. The van der Waals surface area contributed by atoms with Crippen molar-refractivity contribution in [3.63, 3.8) is 0 Å². The standard InChI is InChI=1S/C24H28N2O5S/c1-3-31-20-8-6-19(7-9-20)25-23(27)14-16(2)32(29,30)21-10-11-22-18(15-21)12-13-26(22)24(28)17-4-5-17/h6-11,15-17H,3-5,12-14H2,1-2H3,(H,25,27)/t16-/m1/s1. The molecule has 0 aromatic heterocycles. The van der Waals surface area contributed by atoms with Crippen molar-refractivity contribution >= 4 is 33.0 Å². The summed E-state index contributed by atoms with van der Waals surface area (Å²) in [6.07, 6.45) is 2.36. The van der Waals surface area contributed by atoms with Gasteiger partial charge in [0.15, 0.2) is 9.84 Å². The average Bonchev–Trinajstić information content (AvgIpc) is 3.53. The van der Waals surface area contributed by atoms with Gasteiger partial charge in [0.05, 0.1) is 16.8 Å². The van der Waals surface area contributed by atoms with Crippen LogP contribution in [-0.4, -0.2) is 38.6 Å². The summed E-state index contributed by atoms with van der Waals surface area (Å²) in [6.45, 7) is 4.58. The number of anilines is 2. The molecule has 4 rings (SSSR count). The lowest BCUT2D eigenvalue weighted by atomic mass is 10.2. The summed E-state index contributed by atoms with van der Waals surface area (Å²) in [5.41, 5.74) is 2.26. The van der Waals surface area contributed by atoms with Gasteiger partial charge >= 0.3 is 0 Å². The highest BCUT2D eigenvalue weighted by atomic mass is 32.2. The number of hydrogen-bond donors (Lipinski definition) is 1. The predicted molar refractivity (Wildman–Crippen MR) is 123 cm³/mol. The molecule has 0 spiro atoms. The Morgan fingerprint density at radius 1 is 1.16 bits per heavy atom. The first-order chi connectivity index (χ1) is 15.3. The minimum absolute atomic E-state index is 0.123. The van der Waals surface area contributed by atoms with Crippen LogP contribution in [0.3, 0.4) is 0 Å². The van der Waals surface area contributed by atoms with Crippen LogP contribution in [0.1, 0.15) is 38.7 Å². The molecule has 1 fully saturated rings. The SMILES string of the molecule is CCOc1ccc(NC(=O)C[C@@H](C)S(=O)(=O)c2ccc3c(c2)CCN3C(=O)C2CC2)cc1. The van der Waals surface area contributed by atoms with Gasteiger partial charge in [-0.1, -0.05) is 0 Å². The van der Waals surface area contributed by atoms with E-state index in [1.165, 1.54) is 0 Å². The monoisotopic (exact) mass is 456 g/mol. The van der Waals surface area contributed by atoms with Crippen LogP contribution in [-0.2, 0) is 25.8 Å². The van der Waals surface area contributed by atoms with Crippen molar-refractivity contribution in [3.05, 3.63) is 48.0 Å². The van der Waals surface area contributed by atoms with Gasteiger partial charge in [-0.05, 0) is 81.1 Å². The van der Waals surface area contributed by atoms with Crippen molar-refractivity contribution in [2.75, 3.05) is 23.4 Å². The number of benzene rings is 2. The van der Waals surface area contributed by atoms with Gasteiger partial charge in [-0.2, -0.15) is 0 Å². The van der Waals surface area contributed by atoms with E-state index in [9.17, 15) is 18.0 Å². The van der Waals surface area contributed by atoms with Gasteiger partial charge < -0.3 is 15.0 Å². The summed E-state index contributed by atoms with van der Waals surface area (Å²) in [5.74, 6) is 0.597. The highest BCUT2D eigenvalue weighted by Crippen LogP contribution is 2.37. The molecule has 0 radical (unpaired) electrons. The summed E-state index contributed by atoms with van der Waals surface area (Å²) in [6, 6.07) is 11.9. The molecule has 2 aromatic carbocycles. The molecule has 0 saturated heterocycles. The molecular weight excluding hydrogens is 428 g/mol. The molecule has 1 aliphatic carbocycles. The number of nitrogens with zero attached hydrogens (tertiary/aromatic N) is 1. The number of nitrogens with one attached hydrogen (secondary N) is 1. The fraction of sp³-hybridized carbons (Fsp3) is 0.417. The number of rotatable bonds is 8. The topological polar surface area (TPSA) is 92.8 Å². The minimum atomic E-state index is -3.69. The summed E-state index contributed by atoms with van der Waals surface area (Å²) in [7, 11) is -3.69. The molecule has 2 amide bonds. The van der Waals surface area contributed by atoms with Crippen LogP contribution in [0.2, 0.25) is 0 Å². The second-order valence-corrected chi connectivity index (χ2v) is 10.7. The largest absolute Gasteiger partial charge is 0.494 e. The molecule has 170 valence electrons. The van der Waals surface area contributed by atoms with Crippen molar-refractivity contribution < 1.29 is 22.7 Å². The van der Waals surface area contributed by atoms with Crippen LogP contribution in [0.15, 0.2) is 47.4 Å². The first-order valence-electron chi connectivity index (χ1n) is 11.0. The van der Waals surface area contributed by atoms with Crippen LogP contribution >= 0.6 is 0 Å². The van der Waals surface area contributed by atoms with E-state index in [1.807, 2.05) is 6.92 Å². The Labute approximate surface area is 188 Å². The summed E-state index contributed by atoms with van der Waals surface area (Å²) in [4.78, 5) is 26.8. The van der Waals surface area contributed by atoms with Crippen molar-refractivity contribution in [3.8, 4) is 5.75 Å². The van der Waals surface area contributed by atoms with E-state index >= 15 is 0 Å². The smallest absolute Gasteiger partial charge is 0.230 e. The van der Waals surface area contributed by atoms with Crippen LogP contribution in [0.25, 0.3) is 0 Å².